The highest BCUT2D eigenvalue weighted by Crippen LogP contribution is 2.44. The second-order valence-corrected chi connectivity index (χ2v) is 9.20. The van der Waals surface area contributed by atoms with Crippen LogP contribution in [0.4, 0.5) is 0 Å². The molecule has 10 heteroatoms. The van der Waals surface area contributed by atoms with Gasteiger partial charge in [0.25, 0.3) is 0 Å². The van der Waals surface area contributed by atoms with Crippen LogP contribution in [0.25, 0.3) is 0 Å². The molecule has 1 aliphatic carbocycles. The van der Waals surface area contributed by atoms with Crippen LogP contribution in [-0.4, -0.2) is 57.4 Å². The summed E-state index contributed by atoms with van der Waals surface area (Å²) in [6.07, 6.45) is -1.10. The lowest BCUT2D eigenvalue weighted by atomic mass is 9.68. The predicted molar refractivity (Wildman–Crippen MR) is 110 cm³/mol. The molecule has 2 atom stereocenters. The summed E-state index contributed by atoms with van der Waals surface area (Å²) in [7, 11) is 0. The first-order valence-corrected chi connectivity index (χ1v) is 10.3. The fraction of sp³-hybridized carbons (Fsp3) is 0.682. The summed E-state index contributed by atoms with van der Waals surface area (Å²) in [5.41, 5.74) is -1.98. The van der Waals surface area contributed by atoms with Crippen LogP contribution >= 0.6 is 0 Å². The highest BCUT2D eigenvalue weighted by atomic mass is 16.6. The van der Waals surface area contributed by atoms with Crippen molar-refractivity contribution in [2.75, 3.05) is 0 Å². The molecule has 0 aromatic rings. The summed E-state index contributed by atoms with van der Waals surface area (Å²) in [5, 5.41) is 17.6. The van der Waals surface area contributed by atoms with Gasteiger partial charge < -0.3 is 24.4 Å². The van der Waals surface area contributed by atoms with Gasteiger partial charge in [0.2, 0.25) is 0 Å². The van der Waals surface area contributed by atoms with E-state index in [1.54, 1.807) is 27.7 Å². The van der Waals surface area contributed by atoms with E-state index in [-0.39, 0.29) is 17.4 Å². The van der Waals surface area contributed by atoms with Crippen LogP contribution in [0.3, 0.4) is 0 Å². The molecule has 2 N–H and O–H groups in total. The van der Waals surface area contributed by atoms with E-state index in [1.165, 1.54) is 6.92 Å². The number of carboxylic acid groups (broad SMARTS) is 2. The molecule has 32 heavy (non-hydrogen) atoms. The Labute approximate surface area is 186 Å². The first-order chi connectivity index (χ1) is 14.5. The molecular formula is C22H32O10. The number of carbonyl (C=O) groups is 5. The van der Waals surface area contributed by atoms with E-state index in [9.17, 15) is 24.0 Å². The van der Waals surface area contributed by atoms with Gasteiger partial charge >= 0.3 is 29.8 Å². The van der Waals surface area contributed by atoms with Crippen molar-refractivity contribution in [1.29, 1.82) is 0 Å². The minimum Gasteiger partial charge on any atom is -0.481 e. The number of esters is 3. The molecule has 0 saturated heterocycles. The molecule has 1 aliphatic rings. The number of hydrogen-bond acceptors (Lipinski definition) is 8. The van der Waals surface area contributed by atoms with Crippen molar-refractivity contribution in [2.45, 2.75) is 84.0 Å². The van der Waals surface area contributed by atoms with Crippen molar-refractivity contribution in [3.05, 3.63) is 12.2 Å². The molecule has 10 nitrogen and oxygen atoms in total. The van der Waals surface area contributed by atoms with E-state index in [4.69, 9.17) is 24.4 Å². The van der Waals surface area contributed by atoms with Gasteiger partial charge in [-0.05, 0) is 53.9 Å². The molecule has 0 aliphatic heterocycles. The van der Waals surface area contributed by atoms with Crippen LogP contribution in [0.5, 0.6) is 0 Å². The smallest absolute Gasteiger partial charge is 0.333 e. The molecule has 0 heterocycles. The van der Waals surface area contributed by atoms with E-state index in [2.05, 4.69) is 6.58 Å². The zero-order valence-electron chi connectivity index (χ0n) is 19.1. The Balaban J connectivity index is 3.11. The Bertz CT molecular complexity index is 730. The van der Waals surface area contributed by atoms with Crippen LogP contribution < -0.4 is 0 Å². The van der Waals surface area contributed by atoms with Crippen LogP contribution in [0.1, 0.15) is 66.7 Å². The van der Waals surface area contributed by atoms with Gasteiger partial charge in [0.1, 0.15) is 30.1 Å². The van der Waals surface area contributed by atoms with Crippen molar-refractivity contribution in [1.82, 2.24) is 0 Å². The first-order valence-electron chi connectivity index (χ1n) is 10.3. The van der Waals surface area contributed by atoms with Gasteiger partial charge in [-0.1, -0.05) is 6.58 Å². The molecule has 1 saturated carbocycles. The van der Waals surface area contributed by atoms with E-state index in [0.717, 1.165) is 0 Å². The molecule has 0 bridgehead atoms. The molecule has 2 unspecified atom stereocenters. The number of aliphatic carboxylic acids is 2. The predicted octanol–water partition coefficient (Wildman–Crippen LogP) is 2.48. The SMILES string of the molecule is C=C(C)C(=O)OC1CC(C(C)(C)OC(=O)CC(=O)O)CC(C(C)(C)OC(=O)CC(=O)O)C1. The normalized spacial score (nSPS) is 21.2. The molecule has 0 radical (unpaired) electrons. The molecule has 1 fully saturated rings. The van der Waals surface area contributed by atoms with Gasteiger partial charge in [-0.25, -0.2) is 4.79 Å². The van der Waals surface area contributed by atoms with Gasteiger partial charge in [0.15, 0.2) is 0 Å². The van der Waals surface area contributed by atoms with Crippen LogP contribution in [0.2, 0.25) is 0 Å². The second kappa shape index (κ2) is 10.6. The van der Waals surface area contributed by atoms with Crippen LogP contribution in [0, 0.1) is 11.8 Å². The third kappa shape index (κ3) is 8.32. The molecule has 0 amide bonds. The maximum Gasteiger partial charge on any atom is 0.333 e. The van der Waals surface area contributed by atoms with Gasteiger partial charge in [0.05, 0.1) is 0 Å². The van der Waals surface area contributed by atoms with Crippen molar-refractivity contribution < 1.29 is 48.4 Å². The summed E-state index contributed by atoms with van der Waals surface area (Å²) in [6.45, 7) is 11.6. The zero-order valence-corrected chi connectivity index (χ0v) is 19.1. The fourth-order valence-electron chi connectivity index (χ4n) is 3.82. The average Bonchev–Trinajstić information content (AvgIpc) is 2.58. The fourth-order valence-corrected chi connectivity index (χ4v) is 3.82. The quantitative estimate of drug-likeness (QED) is 0.217. The Morgan fingerprint density at radius 1 is 0.812 bits per heavy atom. The summed E-state index contributed by atoms with van der Waals surface area (Å²) < 4.78 is 16.4. The Kier molecular flexibility index (Phi) is 8.99. The highest BCUT2D eigenvalue weighted by molar-refractivity contribution is 5.90. The van der Waals surface area contributed by atoms with Gasteiger partial charge in [-0.15, -0.1) is 0 Å². The minimum absolute atomic E-state index is 0.211. The van der Waals surface area contributed by atoms with Crippen molar-refractivity contribution >= 4 is 29.8 Å². The first kappa shape index (κ1) is 27.1. The Morgan fingerprint density at radius 2 is 1.19 bits per heavy atom. The Hall–Kier alpha value is -2.91. The van der Waals surface area contributed by atoms with E-state index in [1.807, 2.05) is 0 Å². The van der Waals surface area contributed by atoms with Gasteiger partial charge in [-0.2, -0.15) is 0 Å². The number of ether oxygens (including phenoxy) is 3. The number of rotatable bonds is 10. The third-order valence-corrected chi connectivity index (χ3v) is 5.60. The monoisotopic (exact) mass is 456 g/mol. The van der Waals surface area contributed by atoms with E-state index < -0.39 is 60.0 Å². The topological polar surface area (TPSA) is 154 Å². The molecule has 1 rings (SSSR count). The maximum absolute atomic E-state index is 12.1. The van der Waals surface area contributed by atoms with Gasteiger partial charge in [0, 0.05) is 17.4 Å². The average molecular weight is 456 g/mol. The second-order valence-electron chi connectivity index (χ2n) is 9.20. The lowest BCUT2D eigenvalue weighted by Crippen LogP contribution is -2.49. The van der Waals surface area contributed by atoms with E-state index >= 15 is 0 Å². The number of carbonyl (C=O) groups excluding carboxylic acids is 3. The number of carboxylic acids is 2. The van der Waals surface area contributed by atoms with Crippen LogP contribution in [0.15, 0.2) is 12.2 Å². The molecule has 0 spiro atoms. The third-order valence-electron chi connectivity index (χ3n) is 5.60. The zero-order chi connectivity index (χ0) is 24.9. The van der Waals surface area contributed by atoms with E-state index in [0.29, 0.717) is 19.3 Å². The summed E-state index contributed by atoms with van der Waals surface area (Å²) >= 11 is 0. The van der Waals surface area contributed by atoms with Crippen LogP contribution in [-0.2, 0) is 38.2 Å². The molecule has 180 valence electrons. The lowest BCUT2D eigenvalue weighted by Gasteiger charge is -2.46. The van der Waals surface area contributed by atoms with Gasteiger partial charge in [-0.3, -0.25) is 19.2 Å². The highest BCUT2D eigenvalue weighted by Gasteiger charge is 2.47. The molecule has 0 aromatic carbocycles. The Morgan fingerprint density at radius 3 is 1.50 bits per heavy atom. The standard InChI is InChI=1S/C22H32O10/c1-12(2)20(29)30-15-8-13(21(3,4)31-18(27)10-16(23)24)7-14(9-15)22(5,6)32-19(28)11-17(25)26/h13-15H,1,7-11H2,2-6H3,(H,23,24)(H,25,26). The summed E-state index contributed by atoms with van der Waals surface area (Å²) in [4.78, 5) is 57.7. The summed E-state index contributed by atoms with van der Waals surface area (Å²) in [5.74, 6) is -5.73. The maximum atomic E-state index is 12.1. The van der Waals surface area contributed by atoms with Crippen molar-refractivity contribution in [3.63, 3.8) is 0 Å². The number of hydrogen-bond donors (Lipinski definition) is 2. The molecular weight excluding hydrogens is 424 g/mol. The minimum atomic E-state index is -1.31. The van der Waals surface area contributed by atoms with Crippen molar-refractivity contribution in [3.8, 4) is 0 Å². The lowest BCUT2D eigenvalue weighted by molar-refractivity contribution is -0.180. The van der Waals surface area contributed by atoms with Crippen molar-refractivity contribution in [2.24, 2.45) is 11.8 Å². The largest absolute Gasteiger partial charge is 0.481 e. The molecule has 0 aromatic heterocycles. The summed E-state index contributed by atoms with van der Waals surface area (Å²) in [6, 6.07) is 0.